The molecule has 19 heavy (non-hydrogen) atoms. The summed E-state index contributed by atoms with van der Waals surface area (Å²) >= 11 is 0. The average molecular weight is 263 g/mol. The number of hydrogen-bond acceptors (Lipinski definition) is 3. The van der Waals surface area contributed by atoms with Crippen LogP contribution in [0.1, 0.15) is 32.3 Å². The first-order valence-corrected chi connectivity index (χ1v) is 7.01. The number of benzene rings is 1. The maximum Gasteiger partial charge on any atom is 0.238 e. The second-order valence-corrected chi connectivity index (χ2v) is 4.69. The highest BCUT2D eigenvalue weighted by Crippen LogP contribution is 2.13. The highest BCUT2D eigenvalue weighted by atomic mass is 16.2. The van der Waals surface area contributed by atoms with Crippen LogP contribution >= 0.6 is 0 Å². The topological polar surface area (TPSA) is 58.4 Å². The van der Waals surface area contributed by atoms with E-state index in [0.717, 1.165) is 37.2 Å². The Morgan fingerprint density at radius 1 is 1.21 bits per heavy atom. The first-order chi connectivity index (χ1) is 9.21. The molecular formula is C15H25N3O. The van der Waals surface area contributed by atoms with E-state index in [4.69, 9.17) is 5.73 Å². The van der Waals surface area contributed by atoms with E-state index in [1.807, 2.05) is 24.3 Å². The highest BCUT2D eigenvalue weighted by molar-refractivity contribution is 5.92. The summed E-state index contributed by atoms with van der Waals surface area (Å²) in [5.41, 5.74) is 7.45. The quantitative estimate of drug-likeness (QED) is 0.756. The van der Waals surface area contributed by atoms with Gasteiger partial charge in [-0.15, -0.1) is 0 Å². The SMILES string of the molecule is CCCN(CCC)CC(=O)Nc1ccccc1CN. The fourth-order valence-corrected chi connectivity index (χ4v) is 2.12. The van der Waals surface area contributed by atoms with Crippen molar-refractivity contribution in [2.45, 2.75) is 33.2 Å². The Bertz CT molecular complexity index is 387. The molecule has 3 N–H and O–H groups in total. The lowest BCUT2D eigenvalue weighted by atomic mass is 10.2. The molecule has 1 amide bonds. The summed E-state index contributed by atoms with van der Waals surface area (Å²) in [4.78, 5) is 14.2. The smallest absolute Gasteiger partial charge is 0.238 e. The summed E-state index contributed by atoms with van der Waals surface area (Å²) in [6.45, 7) is 7.05. The molecule has 0 saturated carbocycles. The fraction of sp³-hybridized carbons (Fsp3) is 0.533. The van der Waals surface area contributed by atoms with E-state index in [9.17, 15) is 4.79 Å². The molecule has 0 aromatic heterocycles. The van der Waals surface area contributed by atoms with Crippen LogP contribution in [0.25, 0.3) is 0 Å². The minimum Gasteiger partial charge on any atom is -0.326 e. The van der Waals surface area contributed by atoms with E-state index in [-0.39, 0.29) is 5.91 Å². The maximum atomic E-state index is 12.0. The van der Waals surface area contributed by atoms with Crippen molar-refractivity contribution in [1.82, 2.24) is 4.90 Å². The first-order valence-electron chi connectivity index (χ1n) is 7.01. The molecule has 0 heterocycles. The van der Waals surface area contributed by atoms with Crippen molar-refractivity contribution in [3.8, 4) is 0 Å². The predicted molar refractivity (Wildman–Crippen MR) is 80.0 cm³/mol. The van der Waals surface area contributed by atoms with Gasteiger partial charge in [0.05, 0.1) is 6.54 Å². The molecule has 0 radical (unpaired) electrons. The third-order valence-electron chi connectivity index (χ3n) is 2.96. The van der Waals surface area contributed by atoms with Crippen LogP contribution in [0.5, 0.6) is 0 Å². The number of anilines is 1. The molecule has 1 rings (SSSR count). The van der Waals surface area contributed by atoms with Crippen LogP contribution in [0.2, 0.25) is 0 Å². The lowest BCUT2D eigenvalue weighted by Gasteiger charge is -2.20. The summed E-state index contributed by atoms with van der Waals surface area (Å²) < 4.78 is 0. The normalized spacial score (nSPS) is 10.7. The molecule has 0 aliphatic carbocycles. The maximum absolute atomic E-state index is 12.0. The Morgan fingerprint density at radius 2 is 1.84 bits per heavy atom. The molecule has 106 valence electrons. The molecule has 4 heteroatoms. The molecule has 0 aliphatic heterocycles. The van der Waals surface area contributed by atoms with Crippen molar-refractivity contribution in [3.05, 3.63) is 29.8 Å². The second kappa shape index (κ2) is 8.67. The van der Waals surface area contributed by atoms with Crippen molar-refractivity contribution < 1.29 is 4.79 Å². The Labute approximate surface area is 116 Å². The van der Waals surface area contributed by atoms with Crippen molar-refractivity contribution >= 4 is 11.6 Å². The molecule has 0 bridgehead atoms. The number of carbonyl (C=O) groups excluding carboxylic acids is 1. The summed E-state index contributed by atoms with van der Waals surface area (Å²) in [5.74, 6) is 0.0304. The minimum absolute atomic E-state index is 0.0304. The Morgan fingerprint density at radius 3 is 2.42 bits per heavy atom. The van der Waals surface area contributed by atoms with Gasteiger partial charge in [0.25, 0.3) is 0 Å². The van der Waals surface area contributed by atoms with Gasteiger partial charge in [0.2, 0.25) is 5.91 Å². The molecule has 1 aromatic carbocycles. The number of para-hydroxylation sites is 1. The molecule has 4 nitrogen and oxygen atoms in total. The van der Waals surface area contributed by atoms with Crippen molar-refractivity contribution in [2.75, 3.05) is 25.0 Å². The van der Waals surface area contributed by atoms with Crippen LogP contribution in [-0.4, -0.2) is 30.4 Å². The van der Waals surface area contributed by atoms with Gasteiger partial charge in [-0.3, -0.25) is 9.69 Å². The summed E-state index contributed by atoms with van der Waals surface area (Å²) in [6, 6.07) is 7.67. The van der Waals surface area contributed by atoms with E-state index in [1.54, 1.807) is 0 Å². The number of amides is 1. The lowest BCUT2D eigenvalue weighted by Crippen LogP contribution is -2.34. The summed E-state index contributed by atoms with van der Waals surface area (Å²) in [6.07, 6.45) is 2.12. The zero-order valence-electron chi connectivity index (χ0n) is 12.0. The largest absolute Gasteiger partial charge is 0.326 e. The van der Waals surface area contributed by atoms with E-state index in [2.05, 4.69) is 24.1 Å². The van der Waals surface area contributed by atoms with E-state index in [1.165, 1.54) is 0 Å². The zero-order valence-corrected chi connectivity index (χ0v) is 12.0. The number of nitrogens with zero attached hydrogens (tertiary/aromatic N) is 1. The number of carbonyl (C=O) groups is 1. The molecule has 1 aromatic rings. The van der Waals surface area contributed by atoms with Crippen molar-refractivity contribution in [1.29, 1.82) is 0 Å². The highest BCUT2D eigenvalue weighted by Gasteiger charge is 2.10. The van der Waals surface area contributed by atoms with Crippen LogP contribution < -0.4 is 11.1 Å². The molecule has 0 saturated heterocycles. The van der Waals surface area contributed by atoms with Gasteiger partial charge in [0, 0.05) is 12.2 Å². The standard InChI is InChI=1S/C15H25N3O/c1-3-9-18(10-4-2)12-15(19)17-14-8-6-5-7-13(14)11-16/h5-8H,3-4,9-12,16H2,1-2H3,(H,17,19). The molecular weight excluding hydrogens is 238 g/mol. The number of hydrogen-bond donors (Lipinski definition) is 2. The summed E-state index contributed by atoms with van der Waals surface area (Å²) in [5, 5.41) is 2.95. The third kappa shape index (κ3) is 5.41. The molecule has 0 fully saturated rings. The average Bonchev–Trinajstić information content (AvgIpc) is 2.40. The fourth-order valence-electron chi connectivity index (χ4n) is 2.12. The van der Waals surface area contributed by atoms with Gasteiger partial charge in [0.1, 0.15) is 0 Å². The van der Waals surface area contributed by atoms with Gasteiger partial charge >= 0.3 is 0 Å². The molecule has 0 spiro atoms. The Kier molecular flexibility index (Phi) is 7.15. The van der Waals surface area contributed by atoms with Crippen LogP contribution in [0.15, 0.2) is 24.3 Å². The second-order valence-electron chi connectivity index (χ2n) is 4.69. The van der Waals surface area contributed by atoms with Gasteiger partial charge < -0.3 is 11.1 Å². The number of rotatable bonds is 8. The Balaban J connectivity index is 2.58. The molecule has 0 unspecified atom stereocenters. The van der Waals surface area contributed by atoms with Gasteiger partial charge in [0.15, 0.2) is 0 Å². The van der Waals surface area contributed by atoms with Crippen molar-refractivity contribution in [3.63, 3.8) is 0 Å². The lowest BCUT2D eigenvalue weighted by molar-refractivity contribution is -0.117. The Hall–Kier alpha value is -1.39. The zero-order chi connectivity index (χ0) is 14.1. The van der Waals surface area contributed by atoms with E-state index >= 15 is 0 Å². The van der Waals surface area contributed by atoms with E-state index in [0.29, 0.717) is 13.1 Å². The third-order valence-corrected chi connectivity index (χ3v) is 2.96. The summed E-state index contributed by atoms with van der Waals surface area (Å²) in [7, 11) is 0. The van der Waals surface area contributed by atoms with Crippen molar-refractivity contribution in [2.24, 2.45) is 5.73 Å². The molecule has 0 aliphatic rings. The van der Waals surface area contributed by atoms with Gasteiger partial charge in [-0.05, 0) is 37.6 Å². The first kappa shape index (κ1) is 15.7. The van der Waals surface area contributed by atoms with E-state index < -0.39 is 0 Å². The predicted octanol–water partition coefficient (Wildman–Crippen LogP) is 2.21. The van der Waals surface area contributed by atoms with Crippen LogP contribution in [0.3, 0.4) is 0 Å². The van der Waals surface area contributed by atoms with Gasteiger partial charge in [-0.25, -0.2) is 0 Å². The minimum atomic E-state index is 0.0304. The van der Waals surface area contributed by atoms with Crippen LogP contribution in [-0.2, 0) is 11.3 Å². The van der Waals surface area contributed by atoms with Gasteiger partial charge in [-0.2, -0.15) is 0 Å². The van der Waals surface area contributed by atoms with Gasteiger partial charge in [-0.1, -0.05) is 32.0 Å². The molecule has 0 atom stereocenters. The number of nitrogens with two attached hydrogens (primary N) is 1. The monoisotopic (exact) mass is 263 g/mol. The van der Waals surface area contributed by atoms with Crippen LogP contribution in [0, 0.1) is 0 Å². The van der Waals surface area contributed by atoms with Crippen LogP contribution in [0.4, 0.5) is 5.69 Å². The number of nitrogens with one attached hydrogen (secondary N) is 1.